The summed E-state index contributed by atoms with van der Waals surface area (Å²) in [6.45, 7) is 92.4. The molecule has 8 aliphatic carbocycles. The standard InChI is InChI=1S/2C10H20.C9H18.2C8H16.C8H18.C7H14.C7H12.C7H16.C7H14.C7H16.C7H14.C6H15N.C6H12.C6H14.C6H12.C5H12.C4H10/c1-4-10-7-8(2)5-6-9(10)3;1-3-10-7-5-4-6-9(2)8-10;1-8-5-3-4-6-9(2)7-8;1-7-3-5-8(2)6-4-7;1-3-8-5-4-7(2)6-8;1-3-5-7-8-6-4-2;2*1-6-3-4-7(2)5-6;1-4-5-6-7(2)3;1-4-6-7(3)5-2;3*1-3-5-7-6-4-2;1-5-3-6(2)4-5;2*1-3-5-6-4-2;1-3-5-4-2;1-3-4-2/h8-10H,4-7H2,1-3H3;9-10H,3-8H2,1-2H3;8-9H,3-7H2,1-2H3;2*7-8H,3-6H2,1-2H3;3-8H2,1-2H3;6-7H,3-5H2,1-2H3;3-4,6-7H,5H2,1-2H3;7H,4-6H2,1-3H3;5,7H,2,4,6H2,1,3H3;3-7H2,1-2H3;5,7H,3-4,6H2,1-2H3;7H,3-6H2,1-2H3;5-6H,3-4H2,1-2H3;3-6H2,1-2H3;5-6H,3-4H2,1-2H3;3-5H2,1-2H3;3-4H2,1-2H3/b;;;;;;;;;;;7-5+;;;;6-5+;;. The third-order valence-corrected chi connectivity index (χ3v) is 27.7. The molecule has 8 rings (SSSR count). The molecule has 0 aliphatic heterocycles. The van der Waals surface area contributed by atoms with E-state index in [1.165, 1.54) is 405 Å². The summed E-state index contributed by atoms with van der Waals surface area (Å²) >= 11 is 0. The van der Waals surface area contributed by atoms with Crippen LogP contribution in [0.5, 0.6) is 0 Å². The first-order valence-electron chi connectivity index (χ1n) is 60.0. The molecule has 0 radical (unpaired) electrons. The first kappa shape index (κ1) is 148. The Labute approximate surface area is 829 Å². The Kier molecular flexibility index (Phi) is 144. The Bertz CT molecular complexity index is 1880. The maximum absolute atomic E-state index is 3.68. The quantitative estimate of drug-likeness (QED) is 0.0392. The van der Waals surface area contributed by atoms with Gasteiger partial charge in [0.15, 0.2) is 0 Å². The van der Waals surface area contributed by atoms with E-state index in [9.17, 15) is 0 Å². The summed E-state index contributed by atoms with van der Waals surface area (Å²) in [7, 11) is 0. The van der Waals surface area contributed by atoms with Crippen molar-refractivity contribution in [2.45, 2.75) is 655 Å². The predicted octanol–water partition coefficient (Wildman–Crippen LogP) is 47.6. The minimum atomic E-state index is 0.713. The molecule has 7 fully saturated rings. The van der Waals surface area contributed by atoms with E-state index in [4.69, 9.17) is 0 Å². The van der Waals surface area contributed by atoms with Gasteiger partial charge in [0.1, 0.15) is 0 Å². The van der Waals surface area contributed by atoms with Crippen molar-refractivity contribution in [3.05, 3.63) is 49.1 Å². The Morgan fingerprint density at radius 2 is 0.574 bits per heavy atom. The van der Waals surface area contributed by atoms with Gasteiger partial charge in [-0.2, -0.15) is 0 Å². The van der Waals surface area contributed by atoms with Crippen molar-refractivity contribution in [1.82, 2.24) is 5.32 Å². The second-order valence-corrected chi connectivity index (χ2v) is 44.3. The van der Waals surface area contributed by atoms with Crippen molar-refractivity contribution in [2.24, 2.45) is 112 Å². The normalized spacial score (nSPS) is 24.9. The fourth-order valence-corrected chi connectivity index (χ4v) is 18.1. The molecule has 0 saturated heterocycles. The molecule has 1 N–H and O–H groups in total. The molecule has 0 aromatic carbocycles. The molecule has 0 aromatic rings. The van der Waals surface area contributed by atoms with E-state index in [0.717, 1.165) is 107 Å². The summed E-state index contributed by atoms with van der Waals surface area (Å²) in [4.78, 5) is 0. The second kappa shape index (κ2) is 125. The monoisotopic (exact) mass is 1820 g/mol. The van der Waals surface area contributed by atoms with Gasteiger partial charge in [-0.05, 0) is 222 Å². The van der Waals surface area contributed by atoms with Crippen LogP contribution < -0.4 is 5.32 Å². The lowest BCUT2D eigenvalue weighted by Gasteiger charge is -2.31. The van der Waals surface area contributed by atoms with Crippen LogP contribution in [0.2, 0.25) is 0 Å². The minimum Gasteiger partial charge on any atom is -0.317 e. The summed E-state index contributed by atoms with van der Waals surface area (Å²) in [5.74, 6) is 18.7. The van der Waals surface area contributed by atoms with E-state index in [2.05, 4.69) is 311 Å². The fraction of sp³-hybridized carbons (Fsp3) is 0.938. The summed E-state index contributed by atoms with van der Waals surface area (Å²) in [5.41, 5.74) is 0. The highest BCUT2D eigenvalue weighted by molar-refractivity contribution is 4.98. The van der Waals surface area contributed by atoms with Gasteiger partial charge in [-0.25, -0.2) is 0 Å². The Balaban J connectivity index is -0.000000146. The summed E-state index contributed by atoms with van der Waals surface area (Å²) in [5, 5.41) is 3.28. The van der Waals surface area contributed by atoms with Crippen LogP contribution in [0.1, 0.15) is 655 Å². The van der Waals surface area contributed by atoms with Gasteiger partial charge in [0.25, 0.3) is 0 Å². The number of hydrogen-bond acceptors (Lipinski definition) is 1. The fourth-order valence-electron chi connectivity index (χ4n) is 18.1. The molecule has 1 nitrogen and oxygen atoms in total. The van der Waals surface area contributed by atoms with Crippen molar-refractivity contribution in [1.29, 1.82) is 0 Å². The first-order chi connectivity index (χ1) is 61.7. The third-order valence-electron chi connectivity index (χ3n) is 27.7. The van der Waals surface area contributed by atoms with Crippen molar-refractivity contribution in [2.75, 3.05) is 13.1 Å². The average Bonchev–Trinajstić information content (AvgIpc) is 1.88. The summed E-state index contributed by atoms with van der Waals surface area (Å²) < 4.78 is 0. The number of rotatable bonds is 33. The van der Waals surface area contributed by atoms with Crippen LogP contribution >= 0.6 is 0 Å². The maximum atomic E-state index is 3.68. The number of nitrogens with one attached hydrogen (secondary N) is 1. The molecule has 0 aromatic heterocycles. The molecule has 0 amide bonds. The van der Waals surface area contributed by atoms with E-state index in [1.54, 1.807) is 0 Å². The zero-order valence-electron chi connectivity index (χ0n) is 98.8. The van der Waals surface area contributed by atoms with Crippen LogP contribution in [0.15, 0.2) is 49.1 Å². The van der Waals surface area contributed by atoms with Crippen LogP contribution in [-0.4, -0.2) is 13.1 Å². The first-order valence-corrected chi connectivity index (χ1v) is 60.0. The van der Waals surface area contributed by atoms with Crippen LogP contribution in [0, 0.1) is 112 Å². The number of allylic oxidation sites excluding steroid dienone is 7. The lowest BCUT2D eigenvalue weighted by atomic mass is 9.74. The molecule has 0 spiro atoms. The molecule has 14 atom stereocenters. The molecular weight excluding hydrogens is 1550 g/mol. The zero-order valence-corrected chi connectivity index (χ0v) is 98.8. The van der Waals surface area contributed by atoms with Crippen molar-refractivity contribution < 1.29 is 0 Å². The SMILES string of the molecule is C=CC(C)CCC.CC/C=C/CC.CC/C=C/CCC.CC1C=CC(C)C1.CC1CC(C)C1.CC1CCC(C)C1.CC1CCC(C)CC1.CC1CCCCC(C)C1.CCC1CC(C)CCC1C.CCC1CCC(C)C1.CCC1CCCCC(C)C1.CCCC.CCCCC.CCCCC(C)C.CCCCCC.CCCCCCC.CCCCCCCC.CCCNCCC. The number of hydrogen-bond donors (Lipinski definition) is 1. The van der Waals surface area contributed by atoms with Gasteiger partial charge < -0.3 is 5.32 Å². The van der Waals surface area contributed by atoms with Gasteiger partial charge in [0, 0.05) is 0 Å². The summed E-state index contributed by atoms with van der Waals surface area (Å²) in [6.07, 6.45) is 101. The predicted molar refractivity (Wildman–Crippen MR) is 614 cm³/mol. The smallest absolute Gasteiger partial charge is 0.00516 e. The van der Waals surface area contributed by atoms with Crippen LogP contribution in [0.3, 0.4) is 0 Å². The van der Waals surface area contributed by atoms with Crippen molar-refractivity contribution >= 4 is 0 Å². The van der Waals surface area contributed by atoms with E-state index >= 15 is 0 Å². The molecule has 8 aliphatic rings. The molecule has 0 heterocycles. The molecule has 786 valence electrons. The van der Waals surface area contributed by atoms with Crippen molar-refractivity contribution in [3.63, 3.8) is 0 Å². The molecule has 1 heteroatoms. The average molecular weight is 1820 g/mol. The van der Waals surface area contributed by atoms with Gasteiger partial charge >= 0.3 is 0 Å². The highest BCUT2D eigenvalue weighted by Gasteiger charge is 2.24. The number of unbranched alkanes of at least 4 members (excludes halogenated alkanes) is 17. The third kappa shape index (κ3) is 138. The van der Waals surface area contributed by atoms with E-state index < -0.39 is 0 Å². The molecule has 0 bridgehead atoms. The Morgan fingerprint density at radius 3 is 0.822 bits per heavy atom. The van der Waals surface area contributed by atoms with E-state index in [1.807, 2.05) is 6.08 Å². The van der Waals surface area contributed by atoms with Crippen molar-refractivity contribution in [3.8, 4) is 0 Å². The van der Waals surface area contributed by atoms with Gasteiger partial charge in [-0.1, -0.05) is 601 Å². The van der Waals surface area contributed by atoms with Crippen LogP contribution in [-0.2, 0) is 0 Å². The lowest BCUT2D eigenvalue weighted by molar-refractivity contribution is 0.198. The molecule has 7 saturated carbocycles. The lowest BCUT2D eigenvalue weighted by Crippen LogP contribution is -2.20. The van der Waals surface area contributed by atoms with Gasteiger partial charge in [0.2, 0.25) is 0 Å². The molecule has 129 heavy (non-hydrogen) atoms. The Morgan fingerprint density at radius 1 is 0.264 bits per heavy atom. The Hall–Kier alpha value is -1.08. The van der Waals surface area contributed by atoms with Crippen LogP contribution in [0.25, 0.3) is 0 Å². The van der Waals surface area contributed by atoms with E-state index in [0.29, 0.717) is 5.92 Å². The van der Waals surface area contributed by atoms with Gasteiger partial charge in [-0.15, -0.1) is 6.58 Å². The largest absolute Gasteiger partial charge is 0.317 e. The second-order valence-electron chi connectivity index (χ2n) is 44.3. The maximum Gasteiger partial charge on any atom is -0.00516 e. The molecular formula is C128H269N. The topological polar surface area (TPSA) is 12.0 Å². The minimum absolute atomic E-state index is 0.713. The van der Waals surface area contributed by atoms with Gasteiger partial charge in [0.05, 0.1) is 0 Å². The molecule has 14 unspecified atom stereocenters. The summed E-state index contributed by atoms with van der Waals surface area (Å²) in [6, 6.07) is 0. The van der Waals surface area contributed by atoms with Crippen LogP contribution in [0.4, 0.5) is 0 Å². The zero-order chi connectivity index (χ0) is 100. The van der Waals surface area contributed by atoms with Gasteiger partial charge in [-0.3, -0.25) is 0 Å². The van der Waals surface area contributed by atoms with E-state index in [-0.39, 0.29) is 0 Å². The highest BCUT2D eigenvalue weighted by atomic mass is 14.8. The highest BCUT2D eigenvalue weighted by Crippen LogP contribution is 2.37.